The molecular weight excluding hydrogens is 383 g/mol. The third-order valence-corrected chi connectivity index (χ3v) is 6.21. The molecule has 4 rings (SSSR count). The Morgan fingerprint density at radius 1 is 1.17 bits per heavy atom. The van der Waals surface area contributed by atoms with Crippen LogP contribution in [0.25, 0.3) is 0 Å². The van der Waals surface area contributed by atoms with Crippen LogP contribution >= 0.6 is 0 Å². The number of likely N-dealkylation sites (N-methyl/N-ethyl adjacent to an activating group) is 1. The average molecular weight is 410 g/mol. The first-order chi connectivity index (χ1) is 14.5. The van der Waals surface area contributed by atoms with E-state index < -0.39 is 5.60 Å². The highest BCUT2D eigenvalue weighted by Gasteiger charge is 2.43. The molecule has 1 saturated carbocycles. The molecule has 1 aliphatic carbocycles. The third-order valence-electron chi connectivity index (χ3n) is 6.21. The summed E-state index contributed by atoms with van der Waals surface area (Å²) in [7, 11) is 1.81. The maximum atomic E-state index is 13.0. The van der Waals surface area contributed by atoms with Gasteiger partial charge in [-0.25, -0.2) is 4.39 Å². The minimum atomic E-state index is -0.443. The Bertz CT molecular complexity index is 920. The van der Waals surface area contributed by atoms with Gasteiger partial charge < -0.3 is 15.0 Å². The number of hydrogen-bond donors (Lipinski definition) is 1. The van der Waals surface area contributed by atoms with Gasteiger partial charge in [0.05, 0.1) is 12.1 Å². The number of nitrogens with zero attached hydrogens (tertiary/aromatic N) is 1. The van der Waals surface area contributed by atoms with Gasteiger partial charge in [-0.05, 0) is 61.9 Å². The van der Waals surface area contributed by atoms with Crippen LogP contribution in [0.15, 0.2) is 48.5 Å². The van der Waals surface area contributed by atoms with Crippen molar-refractivity contribution >= 4 is 11.8 Å². The molecule has 0 radical (unpaired) electrons. The van der Waals surface area contributed by atoms with Crippen LogP contribution in [-0.4, -0.2) is 42.5 Å². The molecule has 1 N–H and O–H groups in total. The van der Waals surface area contributed by atoms with E-state index in [1.165, 1.54) is 12.1 Å². The number of carbonyl (C=O) groups is 2. The van der Waals surface area contributed by atoms with Crippen LogP contribution in [0.4, 0.5) is 4.39 Å². The second-order valence-corrected chi connectivity index (χ2v) is 8.38. The van der Waals surface area contributed by atoms with Gasteiger partial charge in [-0.1, -0.05) is 24.3 Å². The van der Waals surface area contributed by atoms with Crippen LogP contribution in [-0.2, 0) is 11.2 Å². The average Bonchev–Trinajstić information content (AvgIpc) is 2.84. The highest BCUT2D eigenvalue weighted by Crippen LogP contribution is 2.39. The summed E-state index contributed by atoms with van der Waals surface area (Å²) in [6.45, 7) is 1.06. The van der Waals surface area contributed by atoms with Crippen molar-refractivity contribution in [1.82, 2.24) is 10.2 Å². The van der Waals surface area contributed by atoms with E-state index in [2.05, 4.69) is 5.32 Å². The number of rotatable bonds is 4. The Balaban J connectivity index is 1.33. The van der Waals surface area contributed by atoms with Gasteiger partial charge in [-0.3, -0.25) is 9.59 Å². The van der Waals surface area contributed by atoms with Crippen LogP contribution < -0.4 is 10.1 Å². The van der Waals surface area contributed by atoms with Gasteiger partial charge in [-0.2, -0.15) is 0 Å². The molecule has 1 heterocycles. The first-order valence-corrected chi connectivity index (χ1v) is 10.5. The Morgan fingerprint density at radius 2 is 1.87 bits per heavy atom. The van der Waals surface area contributed by atoms with Gasteiger partial charge in [0.15, 0.2) is 0 Å². The summed E-state index contributed by atoms with van der Waals surface area (Å²) in [6.07, 6.45) is 3.60. The molecule has 2 aliphatic rings. The summed E-state index contributed by atoms with van der Waals surface area (Å²) in [5, 5.41) is 3.01. The molecule has 2 amide bonds. The topological polar surface area (TPSA) is 58.6 Å². The summed E-state index contributed by atoms with van der Waals surface area (Å²) < 4.78 is 19.4. The Morgan fingerprint density at radius 3 is 2.60 bits per heavy atom. The van der Waals surface area contributed by atoms with Crippen molar-refractivity contribution in [1.29, 1.82) is 0 Å². The lowest BCUT2D eigenvalue weighted by Crippen LogP contribution is -2.49. The number of halogens is 1. The van der Waals surface area contributed by atoms with Gasteiger partial charge in [0.1, 0.15) is 17.2 Å². The number of benzene rings is 2. The van der Waals surface area contributed by atoms with E-state index in [4.69, 9.17) is 4.74 Å². The zero-order valence-electron chi connectivity index (χ0n) is 17.2. The largest absolute Gasteiger partial charge is 0.485 e. The van der Waals surface area contributed by atoms with Gasteiger partial charge >= 0.3 is 0 Å². The van der Waals surface area contributed by atoms with Crippen LogP contribution in [0.2, 0.25) is 0 Å². The molecule has 2 aromatic carbocycles. The van der Waals surface area contributed by atoms with E-state index in [0.29, 0.717) is 30.8 Å². The second kappa shape index (κ2) is 8.46. The normalized spacial score (nSPS) is 23.5. The lowest BCUT2D eigenvalue weighted by Gasteiger charge is -2.40. The van der Waals surface area contributed by atoms with Crippen molar-refractivity contribution in [2.24, 2.45) is 5.92 Å². The number of ether oxygens (including phenoxy) is 1. The highest BCUT2D eigenvalue weighted by atomic mass is 19.1. The number of amides is 2. The van der Waals surface area contributed by atoms with Crippen molar-refractivity contribution in [2.75, 3.05) is 20.1 Å². The maximum absolute atomic E-state index is 13.0. The van der Waals surface area contributed by atoms with Crippen LogP contribution in [0, 0.1) is 11.7 Å². The van der Waals surface area contributed by atoms with Crippen molar-refractivity contribution < 1.29 is 18.7 Å². The predicted molar refractivity (Wildman–Crippen MR) is 112 cm³/mol. The van der Waals surface area contributed by atoms with Crippen molar-refractivity contribution in [3.05, 3.63) is 65.5 Å². The first kappa shape index (κ1) is 20.4. The Kier molecular flexibility index (Phi) is 5.75. The smallest absolute Gasteiger partial charge is 0.257 e. The standard InChI is InChI=1S/C24H27FN2O3/c1-27-16-24(30-21-5-3-2-4-20(21)23(27)29)13-10-18(11-14-24)22(28)26-15-12-17-6-8-19(25)9-7-17/h2-9,18H,10-16H2,1H3,(H,26,28). The monoisotopic (exact) mass is 410 g/mol. The Labute approximate surface area is 176 Å². The molecule has 6 heteroatoms. The molecule has 2 aromatic rings. The van der Waals surface area contributed by atoms with Gasteiger partial charge in [0.2, 0.25) is 5.91 Å². The van der Waals surface area contributed by atoms with Crippen molar-refractivity contribution in [2.45, 2.75) is 37.7 Å². The fraction of sp³-hybridized carbons (Fsp3) is 0.417. The molecule has 0 atom stereocenters. The molecule has 0 unspecified atom stereocenters. The van der Waals surface area contributed by atoms with Gasteiger partial charge in [-0.15, -0.1) is 0 Å². The van der Waals surface area contributed by atoms with E-state index in [-0.39, 0.29) is 23.5 Å². The lowest BCUT2D eigenvalue weighted by atomic mass is 9.78. The first-order valence-electron chi connectivity index (χ1n) is 10.5. The number of nitrogens with one attached hydrogen (secondary N) is 1. The SMILES string of the molecule is CN1CC2(CCC(C(=O)NCCc3ccc(F)cc3)CC2)Oc2ccccc2C1=O. The minimum absolute atomic E-state index is 0.0249. The van der Waals surface area contributed by atoms with Gasteiger partial charge in [0, 0.05) is 19.5 Å². The van der Waals surface area contributed by atoms with Crippen molar-refractivity contribution in [3.63, 3.8) is 0 Å². The second-order valence-electron chi connectivity index (χ2n) is 8.38. The summed E-state index contributed by atoms with van der Waals surface area (Å²) >= 11 is 0. The summed E-state index contributed by atoms with van der Waals surface area (Å²) in [6, 6.07) is 13.7. The summed E-state index contributed by atoms with van der Waals surface area (Å²) in [5.74, 6) is 0.365. The van der Waals surface area contributed by atoms with E-state index in [1.807, 2.05) is 25.2 Å². The zero-order valence-corrected chi connectivity index (χ0v) is 17.2. The number of para-hydroxylation sites is 1. The van der Waals surface area contributed by atoms with Crippen LogP contribution in [0.3, 0.4) is 0 Å². The fourth-order valence-corrected chi connectivity index (χ4v) is 4.50. The summed E-state index contributed by atoms with van der Waals surface area (Å²) in [4.78, 5) is 27.0. The van der Waals surface area contributed by atoms with Crippen LogP contribution in [0.1, 0.15) is 41.6 Å². The number of hydrogen-bond acceptors (Lipinski definition) is 3. The van der Waals surface area contributed by atoms with E-state index >= 15 is 0 Å². The lowest BCUT2D eigenvalue weighted by molar-refractivity contribution is -0.127. The van der Waals surface area contributed by atoms with Crippen molar-refractivity contribution in [3.8, 4) is 5.75 Å². The maximum Gasteiger partial charge on any atom is 0.257 e. The molecule has 1 fully saturated rings. The molecule has 0 bridgehead atoms. The minimum Gasteiger partial charge on any atom is -0.485 e. The highest BCUT2D eigenvalue weighted by molar-refractivity contribution is 5.97. The predicted octanol–water partition coefficient (Wildman–Crippen LogP) is 3.58. The zero-order chi connectivity index (χ0) is 21.1. The molecule has 1 spiro atoms. The van der Waals surface area contributed by atoms with E-state index in [1.54, 1.807) is 23.1 Å². The number of fused-ring (bicyclic) bond motifs is 1. The van der Waals surface area contributed by atoms with E-state index in [9.17, 15) is 14.0 Å². The fourth-order valence-electron chi connectivity index (χ4n) is 4.50. The van der Waals surface area contributed by atoms with Gasteiger partial charge in [0.25, 0.3) is 5.91 Å². The Hall–Kier alpha value is -2.89. The molecule has 158 valence electrons. The molecule has 0 aromatic heterocycles. The molecule has 5 nitrogen and oxygen atoms in total. The third kappa shape index (κ3) is 4.32. The molecule has 1 aliphatic heterocycles. The number of carbonyl (C=O) groups excluding carboxylic acids is 2. The molecule has 30 heavy (non-hydrogen) atoms. The summed E-state index contributed by atoms with van der Waals surface area (Å²) in [5.41, 5.74) is 1.15. The van der Waals surface area contributed by atoms with Crippen LogP contribution in [0.5, 0.6) is 5.75 Å². The quantitative estimate of drug-likeness (QED) is 0.838. The van der Waals surface area contributed by atoms with E-state index in [0.717, 1.165) is 31.2 Å². The molecular formula is C24H27FN2O3. The molecule has 0 saturated heterocycles.